The molecule has 3 amide bonds. The number of likely N-dealkylation sites (N-methyl/N-ethyl adjacent to an activating group) is 1. The molecule has 1 fully saturated rings. The molecular formula is C10H17N3O3. The van der Waals surface area contributed by atoms with E-state index in [4.69, 9.17) is 0 Å². The van der Waals surface area contributed by atoms with Gasteiger partial charge in [-0.2, -0.15) is 0 Å². The number of nitrogens with zero attached hydrogens (tertiary/aromatic N) is 2. The number of carbonyl (C=O) groups excluding carboxylic acids is 3. The summed E-state index contributed by atoms with van der Waals surface area (Å²) in [6, 6.07) is -0.523. The van der Waals surface area contributed by atoms with E-state index in [0.29, 0.717) is 6.42 Å². The maximum atomic E-state index is 11.8. The molecule has 6 heteroatoms. The van der Waals surface area contributed by atoms with Crippen LogP contribution < -0.4 is 5.32 Å². The van der Waals surface area contributed by atoms with Crippen molar-refractivity contribution in [3.05, 3.63) is 0 Å². The van der Waals surface area contributed by atoms with E-state index >= 15 is 0 Å². The fraction of sp³-hybridized carbons (Fsp3) is 0.700. The van der Waals surface area contributed by atoms with E-state index < -0.39 is 11.9 Å². The van der Waals surface area contributed by atoms with Crippen LogP contribution in [-0.4, -0.2) is 60.7 Å². The van der Waals surface area contributed by atoms with Crippen molar-refractivity contribution in [3.8, 4) is 0 Å². The van der Waals surface area contributed by atoms with Crippen molar-refractivity contribution in [1.29, 1.82) is 0 Å². The zero-order valence-corrected chi connectivity index (χ0v) is 9.82. The highest BCUT2D eigenvalue weighted by Gasteiger charge is 2.35. The van der Waals surface area contributed by atoms with Gasteiger partial charge in [0, 0.05) is 0 Å². The molecule has 90 valence electrons. The molecule has 1 N–H and O–H groups in total. The molecule has 1 aliphatic heterocycles. The van der Waals surface area contributed by atoms with E-state index in [-0.39, 0.29) is 24.9 Å². The summed E-state index contributed by atoms with van der Waals surface area (Å²) in [5.74, 6) is -0.993. The van der Waals surface area contributed by atoms with Crippen LogP contribution in [0.3, 0.4) is 0 Å². The lowest BCUT2D eigenvalue weighted by Crippen LogP contribution is -2.60. The number of imide groups is 1. The zero-order valence-electron chi connectivity index (χ0n) is 9.82. The third-order valence-electron chi connectivity index (χ3n) is 2.41. The van der Waals surface area contributed by atoms with Gasteiger partial charge in [-0.15, -0.1) is 0 Å². The van der Waals surface area contributed by atoms with Crippen molar-refractivity contribution in [1.82, 2.24) is 15.1 Å². The highest BCUT2D eigenvalue weighted by molar-refractivity contribution is 6.04. The van der Waals surface area contributed by atoms with Gasteiger partial charge in [-0.05, 0) is 20.5 Å². The van der Waals surface area contributed by atoms with Gasteiger partial charge in [0.15, 0.2) is 0 Å². The second-order valence-electron chi connectivity index (χ2n) is 4.10. The Kier molecular flexibility index (Phi) is 4.00. The Morgan fingerprint density at radius 2 is 2.12 bits per heavy atom. The largest absolute Gasteiger partial charge is 0.320 e. The van der Waals surface area contributed by atoms with Gasteiger partial charge in [0.1, 0.15) is 12.6 Å². The molecule has 1 rings (SSSR count). The average Bonchev–Trinajstić information content (AvgIpc) is 2.15. The van der Waals surface area contributed by atoms with Crippen LogP contribution in [0.15, 0.2) is 0 Å². The number of amides is 3. The minimum Gasteiger partial charge on any atom is -0.320 e. The highest BCUT2D eigenvalue weighted by Crippen LogP contribution is 2.09. The normalized spacial score (nSPS) is 21.2. The Morgan fingerprint density at radius 1 is 1.50 bits per heavy atom. The van der Waals surface area contributed by atoms with E-state index in [1.807, 2.05) is 6.92 Å². The monoisotopic (exact) mass is 227 g/mol. The van der Waals surface area contributed by atoms with Crippen LogP contribution in [-0.2, 0) is 14.4 Å². The van der Waals surface area contributed by atoms with Gasteiger partial charge >= 0.3 is 0 Å². The van der Waals surface area contributed by atoms with Crippen molar-refractivity contribution in [3.63, 3.8) is 0 Å². The summed E-state index contributed by atoms with van der Waals surface area (Å²) in [5.41, 5.74) is 0. The highest BCUT2D eigenvalue weighted by atomic mass is 16.2. The lowest BCUT2D eigenvalue weighted by molar-refractivity contribution is -0.150. The average molecular weight is 227 g/mol. The van der Waals surface area contributed by atoms with Gasteiger partial charge in [0.05, 0.1) is 6.54 Å². The van der Waals surface area contributed by atoms with Crippen molar-refractivity contribution in [2.75, 3.05) is 27.2 Å². The fourth-order valence-electron chi connectivity index (χ4n) is 1.70. The van der Waals surface area contributed by atoms with Gasteiger partial charge in [-0.3, -0.25) is 19.7 Å². The summed E-state index contributed by atoms with van der Waals surface area (Å²) in [5, 5.41) is 2.23. The maximum Gasteiger partial charge on any atom is 0.249 e. The molecule has 0 bridgehead atoms. The van der Waals surface area contributed by atoms with Crippen LogP contribution in [0.5, 0.6) is 0 Å². The number of hydrogen-bond acceptors (Lipinski definition) is 4. The van der Waals surface area contributed by atoms with Gasteiger partial charge in [0.25, 0.3) is 0 Å². The van der Waals surface area contributed by atoms with E-state index in [0.717, 1.165) is 0 Å². The molecule has 0 saturated carbocycles. The summed E-state index contributed by atoms with van der Waals surface area (Å²) in [7, 11) is 3.54. The van der Waals surface area contributed by atoms with E-state index in [9.17, 15) is 14.4 Å². The van der Waals surface area contributed by atoms with E-state index in [1.165, 1.54) is 4.90 Å². The quantitative estimate of drug-likeness (QED) is 0.616. The lowest BCUT2D eigenvalue weighted by atomic mass is 10.1. The molecule has 0 aromatic carbocycles. The number of piperazine rings is 1. The SMILES string of the molecule is CCC1C(=O)NC(=O)CN1C(=O)CN(C)C. The van der Waals surface area contributed by atoms with Crippen molar-refractivity contribution < 1.29 is 14.4 Å². The van der Waals surface area contributed by atoms with Crippen LogP contribution in [0.2, 0.25) is 0 Å². The first-order valence-corrected chi connectivity index (χ1v) is 5.23. The molecule has 0 radical (unpaired) electrons. The first kappa shape index (κ1) is 12.6. The molecular weight excluding hydrogens is 210 g/mol. The Balaban J connectivity index is 2.77. The summed E-state index contributed by atoms with van der Waals surface area (Å²) >= 11 is 0. The summed E-state index contributed by atoms with van der Waals surface area (Å²) in [6.45, 7) is 1.99. The van der Waals surface area contributed by atoms with Crippen LogP contribution in [0.4, 0.5) is 0 Å². The second-order valence-corrected chi connectivity index (χ2v) is 4.10. The van der Waals surface area contributed by atoms with Crippen LogP contribution in [0.1, 0.15) is 13.3 Å². The molecule has 1 unspecified atom stereocenters. The topological polar surface area (TPSA) is 69.7 Å². The zero-order chi connectivity index (χ0) is 12.3. The minimum atomic E-state index is -0.523. The number of rotatable bonds is 3. The lowest BCUT2D eigenvalue weighted by Gasteiger charge is -2.34. The van der Waals surface area contributed by atoms with Crippen LogP contribution >= 0.6 is 0 Å². The second kappa shape index (κ2) is 5.07. The molecule has 0 aliphatic carbocycles. The van der Waals surface area contributed by atoms with Gasteiger partial charge < -0.3 is 9.80 Å². The minimum absolute atomic E-state index is 0.0308. The van der Waals surface area contributed by atoms with Crippen LogP contribution in [0, 0.1) is 0 Å². The third-order valence-corrected chi connectivity index (χ3v) is 2.41. The standard InChI is InChI=1S/C10H17N3O3/c1-4-7-10(16)11-8(14)5-13(7)9(15)6-12(2)3/h7H,4-6H2,1-3H3,(H,11,14,16). The molecule has 1 aliphatic rings. The smallest absolute Gasteiger partial charge is 0.249 e. The predicted octanol–water partition coefficient (Wildman–Crippen LogP) is -1.19. The first-order chi connectivity index (χ1) is 7.45. The van der Waals surface area contributed by atoms with Crippen molar-refractivity contribution in [2.24, 2.45) is 0 Å². The van der Waals surface area contributed by atoms with Crippen molar-refractivity contribution in [2.45, 2.75) is 19.4 Å². The molecule has 1 heterocycles. The fourth-order valence-corrected chi connectivity index (χ4v) is 1.70. The Morgan fingerprint density at radius 3 is 2.62 bits per heavy atom. The molecule has 0 aromatic rings. The predicted molar refractivity (Wildman–Crippen MR) is 57.5 cm³/mol. The van der Waals surface area contributed by atoms with Gasteiger partial charge in [-0.1, -0.05) is 6.92 Å². The maximum absolute atomic E-state index is 11.8. The molecule has 0 spiro atoms. The van der Waals surface area contributed by atoms with E-state index in [2.05, 4.69) is 5.32 Å². The summed E-state index contributed by atoms with van der Waals surface area (Å²) in [6.07, 6.45) is 0.512. The summed E-state index contributed by atoms with van der Waals surface area (Å²) < 4.78 is 0. The van der Waals surface area contributed by atoms with Crippen LogP contribution in [0.25, 0.3) is 0 Å². The molecule has 1 atom stereocenters. The number of nitrogens with one attached hydrogen (secondary N) is 1. The Labute approximate surface area is 94.6 Å². The Bertz CT molecular complexity index is 314. The van der Waals surface area contributed by atoms with Gasteiger partial charge in [0.2, 0.25) is 17.7 Å². The third kappa shape index (κ3) is 2.79. The Hall–Kier alpha value is -1.43. The summed E-state index contributed by atoms with van der Waals surface area (Å²) in [4.78, 5) is 37.6. The molecule has 6 nitrogen and oxygen atoms in total. The number of carbonyl (C=O) groups is 3. The number of hydrogen-bond donors (Lipinski definition) is 1. The first-order valence-electron chi connectivity index (χ1n) is 5.23. The molecule has 1 saturated heterocycles. The van der Waals surface area contributed by atoms with Gasteiger partial charge in [-0.25, -0.2) is 0 Å². The van der Waals surface area contributed by atoms with E-state index in [1.54, 1.807) is 19.0 Å². The molecule has 0 aromatic heterocycles. The van der Waals surface area contributed by atoms with Crippen molar-refractivity contribution >= 4 is 17.7 Å². The molecule has 16 heavy (non-hydrogen) atoms.